The van der Waals surface area contributed by atoms with Crippen LogP contribution in [0.3, 0.4) is 0 Å². The third-order valence-electron chi connectivity index (χ3n) is 6.89. The average molecular weight is 294 g/mol. The molecule has 1 N–H and O–H groups in total. The van der Waals surface area contributed by atoms with Crippen molar-refractivity contribution >= 4 is 5.91 Å². The topological polar surface area (TPSA) is 41.6 Å². The van der Waals surface area contributed by atoms with E-state index >= 15 is 0 Å². The zero-order valence-electron chi connectivity index (χ0n) is 13.8. The van der Waals surface area contributed by atoms with Crippen LogP contribution < -0.4 is 5.32 Å². The Hall–Kier alpha value is -0.610. The first-order chi connectivity index (χ1) is 9.93. The number of hydrogen-bond donors (Lipinski definition) is 1. The fraction of sp³-hybridized carbons (Fsp3) is 0.941. The molecular formula is C17H30N2O2. The van der Waals surface area contributed by atoms with Gasteiger partial charge in [-0.15, -0.1) is 0 Å². The molecule has 1 saturated heterocycles. The van der Waals surface area contributed by atoms with Crippen LogP contribution in [0.2, 0.25) is 0 Å². The molecular weight excluding hydrogens is 264 g/mol. The van der Waals surface area contributed by atoms with Gasteiger partial charge in [0.2, 0.25) is 5.91 Å². The van der Waals surface area contributed by atoms with Gasteiger partial charge in [0.15, 0.2) is 0 Å². The van der Waals surface area contributed by atoms with E-state index < -0.39 is 0 Å². The summed E-state index contributed by atoms with van der Waals surface area (Å²) in [5.74, 6) is 1.02. The Morgan fingerprint density at radius 3 is 2.57 bits per heavy atom. The normalized spacial score (nSPS) is 38.6. The maximum atomic E-state index is 12.3. The van der Waals surface area contributed by atoms with Crippen LogP contribution in [0.15, 0.2) is 0 Å². The highest BCUT2D eigenvalue weighted by Gasteiger charge is 2.61. The molecule has 0 aromatic carbocycles. The van der Waals surface area contributed by atoms with Crippen molar-refractivity contribution in [2.24, 2.45) is 16.7 Å². The van der Waals surface area contributed by atoms with E-state index in [0.29, 0.717) is 17.9 Å². The summed E-state index contributed by atoms with van der Waals surface area (Å²) in [4.78, 5) is 14.6. The quantitative estimate of drug-likeness (QED) is 0.863. The van der Waals surface area contributed by atoms with Crippen LogP contribution in [-0.4, -0.2) is 49.7 Å². The maximum Gasteiger partial charge on any atom is 0.221 e. The van der Waals surface area contributed by atoms with Gasteiger partial charge in [0.25, 0.3) is 0 Å². The molecule has 21 heavy (non-hydrogen) atoms. The van der Waals surface area contributed by atoms with E-state index in [1.165, 1.54) is 19.3 Å². The third kappa shape index (κ3) is 2.61. The molecule has 3 atom stereocenters. The number of hydrogen-bond acceptors (Lipinski definition) is 3. The fourth-order valence-electron chi connectivity index (χ4n) is 4.77. The molecule has 3 aliphatic rings. The van der Waals surface area contributed by atoms with Gasteiger partial charge >= 0.3 is 0 Å². The van der Waals surface area contributed by atoms with Gasteiger partial charge in [0, 0.05) is 32.1 Å². The predicted octanol–water partition coefficient (Wildman–Crippen LogP) is 2.04. The zero-order chi connectivity index (χ0) is 15.1. The smallest absolute Gasteiger partial charge is 0.221 e. The van der Waals surface area contributed by atoms with E-state index in [1.807, 2.05) is 0 Å². The highest BCUT2D eigenvalue weighted by atomic mass is 16.5. The molecule has 0 aromatic rings. The molecule has 2 saturated carbocycles. The second kappa shape index (κ2) is 5.54. The van der Waals surface area contributed by atoms with E-state index in [1.54, 1.807) is 0 Å². The number of nitrogens with zero attached hydrogens (tertiary/aromatic N) is 1. The minimum absolute atomic E-state index is 0.232. The summed E-state index contributed by atoms with van der Waals surface area (Å²) in [6.07, 6.45) is 4.40. The second-order valence-corrected chi connectivity index (χ2v) is 7.93. The van der Waals surface area contributed by atoms with E-state index in [2.05, 4.69) is 31.0 Å². The summed E-state index contributed by atoms with van der Waals surface area (Å²) in [6, 6.07) is 0.378. The first-order valence-corrected chi connectivity index (χ1v) is 8.53. The Bertz CT molecular complexity index is 404. The molecule has 4 nitrogen and oxygen atoms in total. The van der Waals surface area contributed by atoms with Crippen molar-refractivity contribution < 1.29 is 9.53 Å². The van der Waals surface area contributed by atoms with Crippen LogP contribution in [0.25, 0.3) is 0 Å². The van der Waals surface area contributed by atoms with Gasteiger partial charge in [0.05, 0.1) is 13.2 Å². The van der Waals surface area contributed by atoms with Crippen molar-refractivity contribution in [1.82, 2.24) is 10.2 Å². The van der Waals surface area contributed by atoms with Crippen LogP contribution in [0, 0.1) is 16.7 Å². The molecule has 0 aromatic heterocycles. The van der Waals surface area contributed by atoms with Crippen LogP contribution in [0.4, 0.5) is 0 Å². The van der Waals surface area contributed by atoms with Gasteiger partial charge in [-0.2, -0.15) is 0 Å². The lowest BCUT2D eigenvalue weighted by Gasteiger charge is -2.39. The van der Waals surface area contributed by atoms with Crippen LogP contribution >= 0.6 is 0 Å². The summed E-state index contributed by atoms with van der Waals surface area (Å²) in [6.45, 7) is 11.6. The lowest BCUT2D eigenvalue weighted by molar-refractivity contribution is -0.123. The van der Waals surface area contributed by atoms with E-state index in [9.17, 15) is 4.79 Å². The number of carbonyl (C=O) groups is 1. The van der Waals surface area contributed by atoms with Gasteiger partial charge < -0.3 is 10.1 Å². The fourth-order valence-corrected chi connectivity index (χ4v) is 4.77. The molecule has 1 amide bonds. The highest BCUT2D eigenvalue weighted by molar-refractivity contribution is 5.76. The van der Waals surface area contributed by atoms with Gasteiger partial charge in [-0.1, -0.05) is 20.8 Å². The van der Waals surface area contributed by atoms with E-state index in [0.717, 1.165) is 38.8 Å². The Labute approximate surface area is 128 Å². The highest BCUT2D eigenvalue weighted by Crippen LogP contribution is 2.65. The van der Waals surface area contributed by atoms with E-state index in [4.69, 9.17) is 4.74 Å². The SMILES string of the molecule is CC1(C)[C@@H]2CC[C@]1(C)[C@H](NC(=O)CCN1CCOCC1)C2. The molecule has 1 aliphatic heterocycles. The minimum Gasteiger partial charge on any atom is -0.379 e. The molecule has 120 valence electrons. The standard InChI is InChI=1S/C17H30N2O2/c1-16(2)13-4-6-17(16,3)14(12-13)18-15(20)5-7-19-8-10-21-11-9-19/h13-14H,4-12H2,1-3H3,(H,18,20)/t13-,14-,17-/m1/s1. The van der Waals surface area contributed by atoms with Crippen molar-refractivity contribution in [2.75, 3.05) is 32.8 Å². The Kier molecular flexibility index (Phi) is 4.04. The number of amides is 1. The number of rotatable bonds is 4. The molecule has 3 fully saturated rings. The van der Waals surface area contributed by atoms with E-state index in [-0.39, 0.29) is 11.3 Å². The van der Waals surface area contributed by atoms with Gasteiger partial charge in [-0.05, 0) is 36.0 Å². The Morgan fingerprint density at radius 1 is 1.29 bits per heavy atom. The van der Waals surface area contributed by atoms with Crippen molar-refractivity contribution in [1.29, 1.82) is 0 Å². The van der Waals surface area contributed by atoms with Crippen molar-refractivity contribution in [2.45, 2.75) is 52.5 Å². The molecule has 0 spiro atoms. The number of nitrogens with one attached hydrogen (secondary N) is 1. The molecule has 1 heterocycles. The average Bonchev–Trinajstić information content (AvgIpc) is 2.79. The first-order valence-electron chi connectivity index (χ1n) is 8.53. The zero-order valence-corrected chi connectivity index (χ0v) is 13.8. The number of morpholine rings is 1. The summed E-state index contributed by atoms with van der Waals surface area (Å²) >= 11 is 0. The second-order valence-electron chi connectivity index (χ2n) is 7.93. The summed E-state index contributed by atoms with van der Waals surface area (Å²) in [7, 11) is 0. The molecule has 0 unspecified atom stereocenters. The van der Waals surface area contributed by atoms with Gasteiger partial charge in [-0.3, -0.25) is 9.69 Å². The molecule has 4 heteroatoms. The molecule has 0 radical (unpaired) electrons. The maximum absolute atomic E-state index is 12.3. The van der Waals surface area contributed by atoms with Crippen LogP contribution in [0.1, 0.15) is 46.5 Å². The number of ether oxygens (including phenoxy) is 1. The van der Waals surface area contributed by atoms with Gasteiger partial charge in [0.1, 0.15) is 0 Å². The summed E-state index contributed by atoms with van der Waals surface area (Å²) in [5, 5.41) is 3.35. The summed E-state index contributed by atoms with van der Waals surface area (Å²) in [5.41, 5.74) is 0.654. The molecule has 3 rings (SSSR count). The van der Waals surface area contributed by atoms with Gasteiger partial charge in [-0.25, -0.2) is 0 Å². The Morgan fingerprint density at radius 2 is 2.00 bits per heavy atom. The lowest BCUT2D eigenvalue weighted by Crippen LogP contribution is -2.47. The third-order valence-corrected chi connectivity index (χ3v) is 6.89. The van der Waals surface area contributed by atoms with Crippen molar-refractivity contribution in [3.63, 3.8) is 0 Å². The minimum atomic E-state index is 0.232. The predicted molar refractivity (Wildman–Crippen MR) is 83.0 cm³/mol. The largest absolute Gasteiger partial charge is 0.379 e. The molecule has 2 aliphatic carbocycles. The lowest BCUT2D eigenvalue weighted by atomic mass is 9.69. The monoisotopic (exact) mass is 294 g/mol. The Balaban J connectivity index is 1.49. The first kappa shape index (κ1) is 15.3. The van der Waals surface area contributed by atoms with Crippen LogP contribution in [0.5, 0.6) is 0 Å². The summed E-state index contributed by atoms with van der Waals surface area (Å²) < 4.78 is 5.34. The van der Waals surface area contributed by atoms with Crippen molar-refractivity contribution in [3.05, 3.63) is 0 Å². The number of fused-ring (bicyclic) bond motifs is 2. The van der Waals surface area contributed by atoms with Crippen LogP contribution in [-0.2, 0) is 9.53 Å². The molecule has 2 bridgehead atoms. The number of carbonyl (C=O) groups excluding carboxylic acids is 1. The van der Waals surface area contributed by atoms with Crippen molar-refractivity contribution in [3.8, 4) is 0 Å².